The highest BCUT2D eigenvalue weighted by molar-refractivity contribution is 5.82. The zero-order valence-electron chi connectivity index (χ0n) is 16.6. The van der Waals surface area contributed by atoms with Crippen molar-refractivity contribution in [3.63, 3.8) is 0 Å². The van der Waals surface area contributed by atoms with Crippen LogP contribution in [-0.4, -0.2) is 25.2 Å². The van der Waals surface area contributed by atoms with Crippen LogP contribution in [0.25, 0.3) is 0 Å². The highest BCUT2D eigenvalue weighted by Gasteiger charge is 2.31. The maximum atomic E-state index is 12.4. The van der Waals surface area contributed by atoms with Crippen molar-refractivity contribution in [1.82, 2.24) is 0 Å². The first-order valence-electron chi connectivity index (χ1n) is 9.05. The number of hydrogen-bond donors (Lipinski definition) is 0. The van der Waals surface area contributed by atoms with Crippen LogP contribution in [0.2, 0.25) is 0 Å². The van der Waals surface area contributed by atoms with E-state index in [1.807, 2.05) is 58.9 Å². The minimum absolute atomic E-state index is 0.337. The summed E-state index contributed by atoms with van der Waals surface area (Å²) < 4.78 is 10.7. The fourth-order valence-electron chi connectivity index (χ4n) is 2.10. The molecule has 25 heavy (non-hydrogen) atoms. The van der Waals surface area contributed by atoms with Gasteiger partial charge in [0, 0.05) is 12.8 Å². The van der Waals surface area contributed by atoms with Gasteiger partial charge < -0.3 is 9.47 Å². The van der Waals surface area contributed by atoms with Crippen LogP contribution in [0.3, 0.4) is 0 Å². The van der Waals surface area contributed by atoms with Gasteiger partial charge in [0.2, 0.25) is 0 Å². The van der Waals surface area contributed by atoms with Crippen LogP contribution in [-0.2, 0) is 19.1 Å². The topological polar surface area (TPSA) is 52.6 Å². The second-order valence-corrected chi connectivity index (χ2v) is 6.30. The van der Waals surface area contributed by atoms with E-state index in [4.69, 9.17) is 9.47 Å². The molecule has 4 heteroatoms. The molecule has 0 aromatic rings. The van der Waals surface area contributed by atoms with Crippen molar-refractivity contribution < 1.29 is 19.1 Å². The number of carbonyl (C=O) groups is 2. The molecule has 0 bridgehead atoms. The molecule has 0 spiro atoms. The first-order valence-corrected chi connectivity index (χ1v) is 9.05. The lowest BCUT2D eigenvalue weighted by molar-refractivity contribution is -0.160. The van der Waals surface area contributed by atoms with Gasteiger partial charge in [0.1, 0.15) is 0 Å². The first kappa shape index (κ1) is 23.2. The SMILES string of the molecule is CC=CCC(C(=O)OCCC(C)=CC)C(C)C(=O)OCCC(C)=CC. The zero-order chi connectivity index (χ0) is 19.2. The van der Waals surface area contributed by atoms with E-state index in [1.54, 1.807) is 6.92 Å². The van der Waals surface area contributed by atoms with Crippen LogP contribution in [0.1, 0.15) is 60.8 Å². The molecule has 0 aliphatic heterocycles. The van der Waals surface area contributed by atoms with Gasteiger partial charge in [0.15, 0.2) is 0 Å². The summed E-state index contributed by atoms with van der Waals surface area (Å²) in [5.74, 6) is -1.73. The van der Waals surface area contributed by atoms with Gasteiger partial charge in [-0.2, -0.15) is 0 Å². The minimum Gasteiger partial charge on any atom is -0.465 e. The molecule has 0 rings (SSSR count). The molecule has 142 valence electrons. The predicted molar refractivity (Wildman–Crippen MR) is 102 cm³/mol. The summed E-state index contributed by atoms with van der Waals surface area (Å²) in [5.41, 5.74) is 2.34. The smallest absolute Gasteiger partial charge is 0.310 e. The average molecular weight is 350 g/mol. The van der Waals surface area contributed by atoms with Crippen LogP contribution in [0, 0.1) is 11.8 Å². The van der Waals surface area contributed by atoms with Crippen molar-refractivity contribution in [2.24, 2.45) is 11.8 Å². The molecular formula is C21H34O4. The van der Waals surface area contributed by atoms with E-state index in [0.717, 1.165) is 0 Å². The lowest BCUT2D eigenvalue weighted by atomic mass is 9.91. The van der Waals surface area contributed by atoms with Gasteiger partial charge in [-0.25, -0.2) is 0 Å². The van der Waals surface area contributed by atoms with Crippen molar-refractivity contribution in [2.45, 2.75) is 60.8 Å². The summed E-state index contributed by atoms with van der Waals surface area (Å²) in [5, 5.41) is 0. The Morgan fingerprint density at radius 1 is 0.880 bits per heavy atom. The Morgan fingerprint density at radius 2 is 1.36 bits per heavy atom. The van der Waals surface area contributed by atoms with Crippen molar-refractivity contribution in [3.8, 4) is 0 Å². The summed E-state index contributed by atoms with van der Waals surface area (Å²) in [6, 6.07) is 0. The second kappa shape index (κ2) is 13.5. The molecule has 0 aromatic heterocycles. The zero-order valence-corrected chi connectivity index (χ0v) is 16.6. The van der Waals surface area contributed by atoms with Crippen molar-refractivity contribution >= 4 is 11.9 Å². The Labute approximate surface area is 153 Å². The number of hydrogen-bond acceptors (Lipinski definition) is 4. The predicted octanol–water partition coefficient (Wildman–Crippen LogP) is 5.00. The Bertz CT molecular complexity index is 500. The largest absolute Gasteiger partial charge is 0.465 e. The molecule has 0 aliphatic rings. The molecular weight excluding hydrogens is 316 g/mol. The monoisotopic (exact) mass is 350 g/mol. The lowest BCUT2D eigenvalue weighted by Crippen LogP contribution is -2.31. The molecule has 0 N–H and O–H groups in total. The van der Waals surface area contributed by atoms with Crippen LogP contribution in [0.4, 0.5) is 0 Å². The van der Waals surface area contributed by atoms with Gasteiger partial charge in [-0.1, -0.05) is 42.4 Å². The van der Waals surface area contributed by atoms with E-state index < -0.39 is 11.8 Å². The number of esters is 2. The third kappa shape index (κ3) is 9.90. The second-order valence-electron chi connectivity index (χ2n) is 6.30. The number of ether oxygens (including phenoxy) is 2. The first-order chi connectivity index (χ1) is 11.9. The van der Waals surface area contributed by atoms with Gasteiger partial charge in [-0.05, 0) is 41.0 Å². The van der Waals surface area contributed by atoms with Crippen molar-refractivity contribution in [3.05, 3.63) is 35.5 Å². The third-order valence-corrected chi connectivity index (χ3v) is 4.37. The molecule has 0 radical (unpaired) electrons. The molecule has 0 heterocycles. The van der Waals surface area contributed by atoms with Gasteiger partial charge >= 0.3 is 11.9 Å². The van der Waals surface area contributed by atoms with E-state index >= 15 is 0 Å². The van der Waals surface area contributed by atoms with Crippen LogP contribution in [0.15, 0.2) is 35.5 Å². The van der Waals surface area contributed by atoms with Crippen LogP contribution in [0.5, 0.6) is 0 Å². The number of allylic oxidation sites excluding steroid dienone is 4. The average Bonchev–Trinajstić information content (AvgIpc) is 2.61. The Balaban J connectivity index is 4.70. The summed E-state index contributed by atoms with van der Waals surface area (Å²) in [4.78, 5) is 24.7. The van der Waals surface area contributed by atoms with E-state index in [2.05, 4.69) is 0 Å². The van der Waals surface area contributed by atoms with Gasteiger partial charge in [-0.3, -0.25) is 9.59 Å². The maximum absolute atomic E-state index is 12.4. The lowest BCUT2D eigenvalue weighted by Gasteiger charge is -2.20. The van der Waals surface area contributed by atoms with Crippen molar-refractivity contribution in [2.75, 3.05) is 13.2 Å². The Hall–Kier alpha value is -1.84. The molecule has 2 atom stereocenters. The maximum Gasteiger partial charge on any atom is 0.310 e. The summed E-state index contributed by atoms with van der Waals surface area (Å²) in [7, 11) is 0. The third-order valence-electron chi connectivity index (χ3n) is 4.37. The van der Waals surface area contributed by atoms with E-state index in [-0.39, 0.29) is 11.9 Å². The fourth-order valence-corrected chi connectivity index (χ4v) is 2.10. The Kier molecular flexibility index (Phi) is 12.5. The number of rotatable bonds is 11. The molecule has 0 aromatic carbocycles. The number of carbonyl (C=O) groups excluding carboxylic acids is 2. The summed E-state index contributed by atoms with van der Waals surface area (Å²) >= 11 is 0. The molecule has 0 fully saturated rings. The highest BCUT2D eigenvalue weighted by atomic mass is 16.5. The fraction of sp³-hybridized carbons (Fsp3) is 0.619. The van der Waals surface area contributed by atoms with E-state index in [1.165, 1.54) is 11.1 Å². The van der Waals surface area contributed by atoms with Crippen LogP contribution < -0.4 is 0 Å². The standard InChI is InChI=1S/C21H34O4/c1-7-10-11-19(21(23)25-15-13-17(5)9-3)18(6)20(22)24-14-12-16(4)8-2/h7-10,18-19H,11-15H2,1-6H3. The summed E-state index contributed by atoms with van der Waals surface area (Å²) in [6.07, 6.45) is 9.65. The summed E-state index contributed by atoms with van der Waals surface area (Å²) in [6.45, 7) is 12.2. The van der Waals surface area contributed by atoms with Gasteiger partial charge in [0.25, 0.3) is 0 Å². The van der Waals surface area contributed by atoms with Gasteiger partial charge in [0.05, 0.1) is 25.0 Å². The molecule has 0 saturated carbocycles. The quantitative estimate of drug-likeness (QED) is 0.388. The molecule has 2 unspecified atom stereocenters. The van der Waals surface area contributed by atoms with E-state index in [0.29, 0.717) is 32.5 Å². The van der Waals surface area contributed by atoms with E-state index in [9.17, 15) is 9.59 Å². The molecule has 0 amide bonds. The molecule has 4 nitrogen and oxygen atoms in total. The highest BCUT2D eigenvalue weighted by Crippen LogP contribution is 2.21. The normalized spacial score (nSPS) is 15.1. The van der Waals surface area contributed by atoms with Gasteiger partial charge in [-0.15, -0.1) is 0 Å². The van der Waals surface area contributed by atoms with Crippen molar-refractivity contribution in [1.29, 1.82) is 0 Å². The minimum atomic E-state index is -0.530. The molecule has 0 saturated heterocycles. The molecule has 0 aliphatic carbocycles. The van der Waals surface area contributed by atoms with Crippen LogP contribution >= 0.6 is 0 Å². The Morgan fingerprint density at radius 3 is 1.80 bits per heavy atom.